The Morgan fingerprint density at radius 3 is 2.67 bits per heavy atom. The van der Waals surface area contributed by atoms with Crippen LogP contribution in [0.1, 0.15) is 51.4 Å². The highest BCUT2D eigenvalue weighted by Crippen LogP contribution is 2.48. The molecule has 102 valence electrons. The zero-order valence-electron chi connectivity index (χ0n) is 11.2. The predicted molar refractivity (Wildman–Crippen MR) is 70.4 cm³/mol. The Labute approximate surface area is 110 Å². The van der Waals surface area contributed by atoms with Gasteiger partial charge >= 0.3 is 5.97 Å². The van der Waals surface area contributed by atoms with E-state index < -0.39 is 5.97 Å². The van der Waals surface area contributed by atoms with Gasteiger partial charge in [0.2, 0.25) is 0 Å². The van der Waals surface area contributed by atoms with Crippen molar-refractivity contribution in [3.05, 3.63) is 0 Å². The molecule has 2 saturated carbocycles. The fourth-order valence-electron chi connectivity index (χ4n) is 4.57. The van der Waals surface area contributed by atoms with Crippen molar-refractivity contribution >= 4 is 5.97 Å². The van der Waals surface area contributed by atoms with Crippen LogP contribution >= 0.6 is 0 Å². The van der Waals surface area contributed by atoms with Gasteiger partial charge in [0.25, 0.3) is 0 Å². The number of carboxylic acids is 1. The number of likely N-dealkylation sites (tertiary alicyclic amines) is 1. The van der Waals surface area contributed by atoms with Crippen LogP contribution in [0.2, 0.25) is 0 Å². The second-order valence-corrected chi connectivity index (χ2v) is 6.63. The SMILES string of the molecule is O=C(O)C1CCCCCN1CC1CC2CCC1C2. The zero-order chi connectivity index (χ0) is 12.5. The third-order valence-corrected chi connectivity index (χ3v) is 5.50. The predicted octanol–water partition coefficient (Wildman–Crippen LogP) is 2.75. The first kappa shape index (κ1) is 12.5. The Balaban J connectivity index is 1.63. The van der Waals surface area contributed by atoms with Gasteiger partial charge in [0.05, 0.1) is 0 Å². The van der Waals surface area contributed by atoms with E-state index >= 15 is 0 Å². The summed E-state index contributed by atoms with van der Waals surface area (Å²) in [5, 5.41) is 9.40. The van der Waals surface area contributed by atoms with Gasteiger partial charge in [-0.05, 0) is 56.4 Å². The number of rotatable bonds is 3. The molecule has 0 aromatic heterocycles. The molecule has 1 heterocycles. The molecule has 0 aromatic rings. The van der Waals surface area contributed by atoms with Crippen LogP contribution in [0.4, 0.5) is 0 Å². The molecule has 4 atom stereocenters. The minimum Gasteiger partial charge on any atom is -0.480 e. The molecule has 3 nitrogen and oxygen atoms in total. The number of fused-ring (bicyclic) bond motifs is 2. The lowest BCUT2D eigenvalue weighted by atomic mass is 9.88. The Hall–Kier alpha value is -0.570. The average molecular weight is 251 g/mol. The minimum atomic E-state index is -0.597. The highest BCUT2D eigenvalue weighted by molar-refractivity contribution is 5.73. The summed E-state index contributed by atoms with van der Waals surface area (Å²) in [5.41, 5.74) is 0. The first-order chi connectivity index (χ1) is 8.74. The van der Waals surface area contributed by atoms with E-state index in [0.29, 0.717) is 0 Å². The van der Waals surface area contributed by atoms with E-state index in [0.717, 1.165) is 43.7 Å². The lowest BCUT2D eigenvalue weighted by Crippen LogP contribution is -2.44. The lowest BCUT2D eigenvalue weighted by Gasteiger charge is -2.32. The quantitative estimate of drug-likeness (QED) is 0.838. The lowest BCUT2D eigenvalue weighted by molar-refractivity contribution is -0.143. The van der Waals surface area contributed by atoms with E-state index in [1.807, 2.05) is 0 Å². The van der Waals surface area contributed by atoms with Crippen molar-refractivity contribution in [3.63, 3.8) is 0 Å². The van der Waals surface area contributed by atoms with Gasteiger partial charge in [0, 0.05) is 6.54 Å². The molecule has 2 aliphatic carbocycles. The second-order valence-electron chi connectivity index (χ2n) is 6.63. The highest BCUT2D eigenvalue weighted by atomic mass is 16.4. The molecule has 0 radical (unpaired) electrons. The molecule has 0 aromatic carbocycles. The van der Waals surface area contributed by atoms with Gasteiger partial charge in [-0.2, -0.15) is 0 Å². The number of carboxylic acid groups (broad SMARTS) is 1. The second kappa shape index (κ2) is 5.20. The van der Waals surface area contributed by atoms with Crippen LogP contribution in [0.25, 0.3) is 0 Å². The van der Waals surface area contributed by atoms with Crippen molar-refractivity contribution in [2.24, 2.45) is 17.8 Å². The number of carbonyl (C=O) groups is 1. The molecule has 0 spiro atoms. The largest absolute Gasteiger partial charge is 0.480 e. The van der Waals surface area contributed by atoms with Crippen LogP contribution < -0.4 is 0 Å². The number of nitrogens with zero attached hydrogens (tertiary/aromatic N) is 1. The van der Waals surface area contributed by atoms with E-state index in [4.69, 9.17) is 0 Å². The van der Waals surface area contributed by atoms with Gasteiger partial charge in [0.1, 0.15) is 6.04 Å². The van der Waals surface area contributed by atoms with Crippen molar-refractivity contribution in [2.75, 3.05) is 13.1 Å². The van der Waals surface area contributed by atoms with Gasteiger partial charge in [-0.1, -0.05) is 19.3 Å². The van der Waals surface area contributed by atoms with Crippen LogP contribution in [0.3, 0.4) is 0 Å². The van der Waals surface area contributed by atoms with Crippen LogP contribution in [-0.2, 0) is 4.79 Å². The molecule has 0 amide bonds. The molecule has 3 heteroatoms. The van der Waals surface area contributed by atoms with Crippen molar-refractivity contribution in [1.82, 2.24) is 4.90 Å². The summed E-state index contributed by atoms with van der Waals surface area (Å²) in [6, 6.07) is -0.202. The topological polar surface area (TPSA) is 40.5 Å². The van der Waals surface area contributed by atoms with Gasteiger partial charge in [-0.15, -0.1) is 0 Å². The molecule has 18 heavy (non-hydrogen) atoms. The Bertz CT molecular complexity index is 318. The summed E-state index contributed by atoms with van der Waals surface area (Å²) in [7, 11) is 0. The first-order valence-corrected chi connectivity index (χ1v) is 7.71. The van der Waals surface area contributed by atoms with Gasteiger partial charge in [-0.3, -0.25) is 9.69 Å². The van der Waals surface area contributed by atoms with E-state index in [2.05, 4.69) is 4.90 Å². The number of hydrogen-bond donors (Lipinski definition) is 1. The molecule has 3 fully saturated rings. The van der Waals surface area contributed by atoms with E-state index in [1.165, 1.54) is 38.5 Å². The fraction of sp³-hybridized carbons (Fsp3) is 0.933. The maximum atomic E-state index is 11.4. The van der Waals surface area contributed by atoms with Crippen molar-refractivity contribution in [2.45, 2.75) is 57.4 Å². The standard InChI is InChI=1S/C15H25NO2/c17-15(18)14-4-2-1-3-7-16(14)10-13-9-11-5-6-12(13)8-11/h11-14H,1-10H2,(H,17,18). The molecular formula is C15H25NO2. The monoisotopic (exact) mass is 251 g/mol. The third-order valence-electron chi connectivity index (χ3n) is 5.50. The summed E-state index contributed by atoms with van der Waals surface area (Å²) < 4.78 is 0. The fourth-order valence-corrected chi connectivity index (χ4v) is 4.57. The van der Waals surface area contributed by atoms with Gasteiger partial charge in [0.15, 0.2) is 0 Å². The van der Waals surface area contributed by atoms with E-state index in [9.17, 15) is 9.90 Å². The molecule has 1 N–H and O–H groups in total. The first-order valence-electron chi connectivity index (χ1n) is 7.71. The Kier molecular flexibility index (Phi) is 3.60. The van der Waals surface area contributed by atoms with Crippen molar-refractivity contribution in [3.8, 4) is 0 Å². The van der Waals surface area contributed by atoms with Gasteiger partial charge < -0.3 is 5.11 Å². The van der Waals surface area contributed by atoms with Crippen LogP contribution in [0, 0.1) is 17.8 Å². The highest BCUT2D eigenvalue weighted by Gasteiger charge is 2.41. The summed E-state index contributed by atoms with van der Waals surface area (Å²) in [6.07, 6.45) is 9.97. The normalized spacial score (nSPS) is 40.9. The van der Waals surface area contributed by atoms with E-state index in [-0.39, 0.29) is 6.04 Å². The van der Waals surface area contributed by atoms with E-state index in [1.54, 1.807) is 0 Å². The molecule has 2 bridgehead atoms. The maximum absolute atomic E-state index is 11.4. The summed E-state index contributed by atoms with van der Waals surface area (Å²) >= 11 is 0. The third kappa shape index (κ3) is 2.42. The molecule has 1 saturated heterocycles. The minimum absolute atomic E-state index is 0.202. The maximum Gasteiger partial charge on any atom is 0.320 e. The van der Waals surface area contributed by atoms with Gasteiger partial charge in [-0.25, -0.2) is 0 Å². The van der Waals surface area contributed by atoms with Crippen LogP contribution in [0.5, 0.6) is 0 Å². The molecule has 3 aliphatic rings. The summed E-state index contributed by atoms with van der Waals surface area (Å²) in [4.78, 5) is 13.7. The van der Waals surface area contributed by atoms with Crippen molar-refractivity contribution in [1.29, 1.82) is 0 Å². The molecule has 4 unspecified atom stereocenters. The van der Waals surface area contributed by atoms with Crippen LogP contribution in [-0.4, -0.2) is 35.1 Å². The molecule has 3 rings (SSSR count). The molecule has 1 aliphatic heterocycles. The Morgan fingerprint density at radius 2 is 2.00 bits per heavy atom. The summed E-state index contributed by atoms with van der Waals surface area (Å²) in [5.74, 6) is 2.08. The summed E-state index contributed by atoms with van der Waals surface area (Å²) in [6.45, 7) is 2.06. The average Bonchev–Trinajstić information content (AvgIpc) is 2.86. The smallest absolute Gasteiger partial charge is 0.320 e. The number of aliphatic carboxylic acids is 1. The Morgan fingerprint density at radius 1 is 1.11 bits per heavy atom. The number of hydrogen-bond acceptors (Lipinski definition) is 2. The molecular weight excluding hydrogens is 226 g/mol. The van der Waals surface area contributed by atoms with Crippen LogP contribution in [0.15, 0.2) is 0 Å². The van der Waals surface area contributed by atoms with Crippen molar-refractivity contribution < 1.29 is 9.90 Å². The zero-order valence-corrected chi connectivity index (χ0v) is 11.2.